The number of carbonyl (C=O) groups is 1. The molecule has 3 aromatic heterocycles. The average molecular weight is 1460 g/mol. The number of phenolic OH excluding ortho intramolecular Hbond substituents is 6. The molecule has 15 aromatic rings. The number of fused-ring (bicyclic) bond motifs is 8. The van der Waals surface area contributed by atoms with Gasteiger partial charge in [-0.2, -0.15) is 0 Å². The van der Waals surface area contributed by atoms with Crippen molar-refractivity contribution < 1.29 is 50.0 Å². The van der Waals surface area contributed by atoms with E-state index in [4.69, 9.17) is 21.7 Å². The molecule has 0 saturated carbocycles. The largest absolute Gasteiger partial charge is 0.508 e. The molecule has 0 saturated heterocycles. The van der Waals surface area contributed by atoms with Gasteiger partial charge in [0.25, 0.3) is 0 Å². The number of methoxy groups -OCH3 is 2. The third-order valence-corrected chi connectivity index (χ3v) is 17.8. The lowest BCUT2D eigenvalue weighted by atomic mass is 10.1. The Balaban J connectivity index is 0.000000176. The van der Waals surface area contributed by atoms with Gasteiger partial charge in [-0.15, -0.1) is 0 Å². The molecule has 0 unspecified atom stereocenters. The highest BCUT2D eigenvalue weighted by Crippen LogP contribution is 2.45. The number of aromatic amines is 3. The standard InChI is InChI=1S/C15H15NO3.C14H11NO2.C14H15NO.C13H9NO3.C13H9NO2S.C13H11NOS.4CH4/c1-10-3-8-14(13(9-10)15(17)18)16-11-4-6-12(19-2)7-5-11;1-8-2-4-12-10(6-8)14(17)11-7-9(16)3-5-13(11)15-12;1-11-3-5-12(6-4-11)15-13-7-9-14(16-2)10-8-13;2*15-7-1-3-11-9(5-7)13(17)10-6-8(16)2-4-12(10)14-11;1-8-2-4-10-12(6-8)16-13-7-9(15)3-5-11(13)14-10;;;;/h3-9,16H,1-2H3,(H,17,18);2-7,16H,1H3,(H,15,17);3-10,15H,1-2H3;2*1-6,15-16H,(H,14,17);2-7,14-15H,1H3;4*1H4. The topological polar surface area (TPSA) is 295 Å². The SMILES string of the molecule is C.C.C.C.COc1ccc(Nc2ccc(C)cc2)cc1.COc1ccc(Nc2ccc(C)cc2C(=O)O)cc1.Cc1ccc2[nH]c3ccc(O)cc3c(=O)c2c1.Cc1ccc2c(c1)Sc1cc(O)ccc1N2.O=c1c2cc(O)ccc2[nH]c2ccc(O)cc12.Oc1ccc2[nH]c3ccc(O)cc3c(=S)c2c1. The van der Waals surface area contributed by atoms with Gasteiger partial charge < -0.3 is 76.1 Å². The normalized spacial score (nSPS) is 10.5. The number of carboxylic acids is 1. The molecule has 12 aromatic carbocycles. The van der Waals surface area contributed by atoms with Crippen molar-refractivity contribution in [2.45, 2.75) is 67.2 Å². The Morgan fingerprint density at radius 3 is 1.11 bits per heavy atom. The van der Waals surface area contributed by atoms with Gasteiger partial charge in [-0.1, -0.05) is 101 Å². The Kier molecular flexibility index (Phi) is 27.2. The van der Waals surface area contributed by atoms with Crippen molar-refractivity contribution in [2.24, 2.45) is 0 Å². The van der Waals surface area contributed by atoms with Crippen LogP contribution in [0.1, 0.15) is 62.3 Å². The number of benzene rings is 12. The fourth-order valence-electron chi connectivity index (χ4n) is 11.0. The first-order valence-corrected chi connectivity index (χ1v) is 33.1. The molecule has 18 nitrogen and oxygen atoms in total. The van der Waals surface area contributed by atoms with Crippen molar-refractivity contribution in [3.8, 4) is 46.0 Å². The summed E-state index contributed by atoms with van der Waals surface area (Å²) in [6, 6.07) is 70.2. The average Bonchev–Trinajstić information content (AvgIpc) is 0.778. The summed E-state index contributed by atoms with van der Waals surface area (Å²) in [6.07, 6.45) is 0. The second kappa shape index (κ2) is 35.8. The Morgan fingerprint density at radius 2 is 0.679 bits per heavy atom. The van der Waals surface area contributed by atoms with Crippen molar-refractivity contribution >= 4 is 129 Å². The van der Waals surface area contributed by atoms with Crippen LogP contribution in [0.3, 0.4) is 0 Å². The summed E-state index contributed by atoms with van der Waals surface area (Å²) in [5.41, 5.74) is 14.8. The number of H-pyrrole nitrogens is 3. The van der Waals surface area contributed by atoms with E-state index in [0.29, 0.717) is 48.5 Å². The lowest BCUT2D eigenvalue weighted by Gasteiger charge is -2.21. The molecular weight excluding hydrogens is 1370 g/mol. The second-order valence-corrected chi connectivity index (χ2v) is 25.4. The number of aromatic nitrogens is 3. The second-order valence-electron chi connectivity index (χ2n) is 23.9. The predicted molar refractivity (Wildman–Crippen MR) is 439 cm³/mol. The number of carboxylic acid groups (broad SMARTS) is 1. The summed E-state index contributed by atoms with van der Waals surface area (Å²) in [7, 11) is 3.27. The Bertz CT molecular complexity index is 5250. The first-order valence-electron chi connectivity index (χ1n) is 31.9. The Morgan fingerprint density at radius 1 is 0.368 bits per heavy atom. The van der Waals surface area contributed by atoms with Crippen LogP contribution in [-0.2, 0) is 0 Å². The molecule has 0 bridgehead atoms. The highest BCUT2D eigenvalue weighted by atomic mass is 32.2. The van der Waals surface area contributed by atoms with Gasteiger partial charge in [0.15, 0.2) is 10.9 Å². The number of pyridine rings is 3. The molecule has 0 spiro atoms. The first-order chi connectivity index (χ1) is 49.0. The zero-order valence-electron chi connectivity index (χ0n) is 56.0. The van der Waals surface area contributed by atoms with Gasteiger partial charge in [0, 0.05) is 75.7 Å². The van der Waals surface area contributed by atoms with E-state index < -0.39 is 5.97 Å². The van der Waals surface area contributed by atoms with Crippen molar-refractivity contribution in [3.05, 3.63) is 289 Å². The predicted octanol–water partition coefficient (Wildman–Crippen LogP) is 21.9. The van der Waals surface area contributed by atoms with Gasteiger partial charge in [0.1, 0.15) is 46.0 Å². The van der Waals surface area contributed by atoms with Crippen LogP contribution in [0.15, 0.2) is 256 Å². The van der Waals surface area contributed by atoms with Crippen molar-refractivity contribution in [3.63, 3.8) is 0 Å². The number of ether oxygens (including phenoxy) is 2. The smallest absolute Gasteiger partial charge is 0.337 e. The van der Waals surface area contributed by atoms with Crippen LogP contribution in [0.25, 0.3) is 65.4 Å². The fourth-order valence-corrected chi connectivity index (χ4v) is 12.5. The molecule has 0 fully saturated rings. The van der Waals surface area contributed by atoms with E-state index in [0.717, 1.165) is 88.8 Å². The van der Waals surface area contributed by atoms with Crippen LogP contribution >= 0.6 is 24.0 Å². The molecule has 1 aliphatic rings. The van der Waals surface area contributed by atoms with Crippen molar-refractivity contribution in [2.75, 3.05) is 30.2 Å². The van der Waals surface area contributed by atoms with Gasteiger partial charge in [-0.3, -0.25) is 9.59 Å². The number of anilines is 6. The zero-order chi connectivity index (χ0) is 72.3. The Labute approximate surface area is 623 Å². The highest BCUT2D eigenvalue weighted by Gasteiger charge is 2.17. The minimum atomic E-state index is -0.945. The van der Waals surface area contributed by atoms with E-state index in [9.17, 15) is 50.1 Å². The molecule has 106 heavy (non-hydrogen) atoms. The number of phenols is 6. The van der Waals surface area contributed by atoms with Crippen LogP contribution < -0.4 is 36.3 Å². The molecular formula is C86H86N6O12S2. The van der Waals surface area contributed by atoms with E-state index in [1.165, 1.54) is 46.4 Å². The van der Waals surface area contributed by atoms with E-state index in [1.807, 2.05) is 92.7 Å². The molecule has 13 N–H and O–H groups in total. The van der Waals surface area contributed by atoms with E-state index >= 15 is 0 Å². The van der Waals surface area contributed by atoms with Gasteiger partial charge >= 0.3 is 5.97 Å². The molecule has 544 valence electrons. The maximum atomic E-state index is 12.3. The molecule has 1 aliphatic heterocycles. The van der Waals surface area contributed by atoms with Crippen LogP contribution in [0.2, 0.25) is 0 Å². The molecule has 0 aliphatic carbocycles. The number of hydrogen-bond acceptors (Lipinski definition) is 16. The minimum absolute atomic E-state index is 0. The number of rotatable bonds is 7. The summed E-state index contributed by atoms with van der Waals surface area (Å²) in [5.74, 6) is 1.54. The summed E-state index contributed by atoms with van der Waals surface area (Å²) in [5, 5.41) is 79.1. The summed E-state index contributed by atoms with van der Waals surface area (Å²) in [6.45, 7) is 7.98. The Hall–Kier alpha value is -12.9. The van der Waals surface area contributed by atoms with Crippen LogP contribution in [-0.4, -0.2) is 70.9 Å². The number of aromatic hydroxyl groups is 6. The minimum Gasteiger partial charge on any atom is -0.508 e. The highest BCUT2D eigenvalue weighted by molar-refractivity contribution is 7.99. The molecule has 0 amide bonds. The van der Waals surface area contributed by atoms with Gasteiger partial charge in [0.05, 0.1) is 57.9 Å². The van der Waals surface area contributed by atoms with Gasteiger partial charge in [0.2, 0.25) is 0 Å². The molecule has 4 heterocycles. The molecule has 20 heteroatoms. The van der Waals surface area contributed by atoms with Gasteiger partial charge in [-0.25, -0.2) is 4.79 Å². The molecule has 0 radical (unpaired) electrons. The van der Waals surface area contributed by atoms with Crippen LogP contribution in [0.5, 0.6) is 46.0 Å². The summed E-state index contributed by atoms with van der Waals surface area (Å²) < 4.78 is 10.8. The third-order valence-electron chi connectivity index (χ3n) is 16.3. The summed E-state index contributed by atoms with van der Waals surface area (Å²) in [4.78, 5) is 47.4. The quantitative estimate of drug-likeness (QED) is 0.0401. The monoisotopic (exact) mass is 1460 g/mol. The zero-order valence-corrected chi connectivity index (χ0v) is 57.6. The first kappa shape index (κ1) is 80.4. The maximum Gasteiger partial charge on any atom is 0.337 e. The van der Waals surface area contributed by atoms with Crippen molar-refractivity contribution in [1.29, 1.82) is 0 Å². The molecule has 0 atom stereocenters. The molecule has 16 rings (SSSR count). The van der Waals surface area contributed by atoms with Crippen molar-refractivity contribution in [1.82, 2.24) is 15.0 Å². The maximum absolute atomic E-state index is 12.3. The fraction of sp³-hybridized carbons (Fsp3) is 0.116. The van der Waals surface area contributed by atoms with E-state index in [2.05, 4.69) is 87.2 Å². The van der Waals surface area contributed by atoms with Gasteiger partial charge in [-0.05, 0) is 240 Å². The third kappa shape index (κ3) is 19.6. The van der Waals surface area contributed by atoms with E-state index in [-0.39, 0.29) is 74.9 Å². The number of aromatic carboxylic acids is 1. The number of aryl methyl sites for hydroxylation is 4. The van der Waals surface area contributed by atoms with Crippen LogP contribution in [0, 0.1) is 32.2 Å². The lowest BCUT2D eigenvalue weighted by Crippen LogP contribution is -2.04. The van der Waals surface area contributed by atoms with Crippen LogP contribution in [0.4, 0.5) is 34.1 Å². The lowest BCUT2D eigenvalue weighted by molar-refractivity contribution is 0.0697. The number of nitrogens with one attached hydrogen (secondary N) is 6. The number of hydrogen-bond donors (Lipinski definition) is 13. The summed E-state index contributed by atoms with van der Waals surface area (Å²) >= 11 is 7.06. The van der Waals surface area contributed by atoms with E-state index in [1.54, 1.807) is 111 Å².